The monoisotopic (exact) mass is 301 g/mol. The molecule has 21 heavy (non-hydrogen) atoms. The summed E-state index contributed by atoms with van der Waals surface area (Å²) in [5.74, 6) is -1.44. The number of rotatable bonds is 10. The number of ether oxygens (including phenoxy) is 4. The minimum atomic E-state index is -0.743. The lowest BCUT2D eigenvalue weighted by molar-refractivity contribution is 0.00554. The molecule has 0 saturated heterocycles. The Bertz CT molecular complexity index is 441. The van der Waals surface area contributed by atoms with Gasteiger partial charge in [-0.2, -0.15) is 0 Å². The highest BCUT2D eigenvalue weighted by Gasteiger charge is 2.12. The molecule has 0 fully saturated rings. The van der Waals surface area contributed by atoms with Crippen molar-refractivity contribution >= 4 is 11.7 Å². The van der Waals surface area contributed by atoms with Crippen molar-refractivity contribution in [3.63, 3.8) is 0 Å². The lowest BCUT2D eigenvalue weighted by Gasteiger charge is -2.07. The van der Waals surface area contributed by atoms with Crippen LogP contribution in [-0.2, 0) is 18.9 Å². The van der Waals surface area contributed by atoms with Gasteiger partial charge in [0.05, 0.1) is 38.6 Å². The predicted octanol–water partition coefficient (Wildman–Crippen LogP) is 1.24. The molecule has 0 amide bonds. The third-order valence-electron chi connectivity index (χ3n) is 2.48. The molecule has 1 aromatic rings. The Balaban J connectivity index is 2.11. The van der Waals surface area contributed by atoms with Crippen LogP contribution in [0, 0.1) is 5.82 Å². The highest BCUT2D eigenvalue weighted by Crippen LogP contribution is 2.12. The van der Waals surface area contributed by atoms with Gasteiger partial charge in [-0.25, -0.2) is 9.18 Å². The molecule has 2 N–H and O–H groups in total. The van der Waals surface area contributed by atoms with Gasteiger partial charge >= 0.3 is 5.97 Å². The van der Waals surface area contributed by atoms with Crippen LogP contribution in [-0.4, -0.2) is 52.7 Å². The summed E-state index contributed by atoms with van der Waals surface area (Å²) in [5, 5.41) is 0. The first-order chi connectivity index (χ1) is 10.1. The molecule has 0 aliphatic rings. The van der Waals surface area contributed by atoms with Gasteiger partial charge in [-0.05, 0) is 18.2 Å². The number of nitrogen functional groups attached to an aromatic ring is 1. The molecule has 7 heteroatoms. The molecule has 6 nitrogen and oxygen atoms in total. The largest absolute Gasteiger partial charge is 0.460 e. The van der Waals surface area contributed by atoms with Gasteiger partial charge in [-0.3, -0.25) is 0 Å². The minimum absolute atomic E-state index is 0.0424. The number of carbonyl (C=O) groups excluding carboxylic acids is 1. The van der Waals surface area contributed by atoms with Crippen LogP contribution in [0.25, 0.3) is 0 Å². The molecular formula is C14H20FNO5. The van der Waals surface area contributed by atoms with Crippen molar-refractivity contribution in [1.82, 2.24) is 0 Å². The third kappa shape index (κ3) is 7.03. The first-order valence-corrected chi connectivity index (χ1v) is 6.51. The van der Waals surface area contributed by atoms with Crippen molar-refractivity contribution in [1.29, 1.82) is 0 Å². The minimum Gasteiger partial charge on any atom is -0.460 e. The maximum absolute atomic E-state index is 13.4. The van der Waals surface area contributed by atoms with Crippen molar-refractivity contribution in [2.75, 3.05) is 52.5 Å². The van der Waals surface area contributed by atoms with Crippen LogP contribution in [0.5, 0.6) is 0 Å². The third-order valence-corrected chi connectivity index (χ3v) is 2.48. The van der Waals surface area contributed by atoms with Crippen molar-refractivity contribution < 1.29 is 28.1 Å². The molecule has 0 aliphatic carbocycles. The fourth-order valence-electron chi connectivity index (χ4n) is 1.43. The van der Waals surface area contributed by atoms with E-state index in [0.29, 0.717) is 26.4 Å². The van der Waals surface area contributed by atoms with Crippen LogP contribution in [0.1, 0.15) is 10.4 Å². The number of hydrogen-bond donors (Lipinski definition) is 1. The van der Waals surface area contributed by atoms with E-state index in [1.54, 1.807) is 7.11 Å². The van der Waals surface area contributed by atoms with Crippen molar-refractivity contribution in [3.05, 3.63) is 29.6 Å². The van der Waals surface area contributed by atoms with Gasteiger partial charge in [0.15, 0.2) is 0 Å². The van der Waals surface area contributed by atoms with Gasteiger partial charge in [-0.1, -0.05) is 0 Å². The Morgan fingerprint density at radius 1 is 1.10 bits per heavy atom. The van der Waals surface area contributed by atoms with Gasteiger partial charge in [0.1, 0.15) is 12.4 Å². The number of esters is 1. The fraction of sp³-hybridized carbons (Fsp3) is 0.500. The molecule has 0 spiro atoms. The lowest BCUT2D eigenvalue weighted by Crippen LogP contribution is -2.14. The lowest BCUT2D eigenvalue weighted by atomic mass is 10.2. The summed E-state index contributed by atoms with van der Waals surface area (Å²) in [6.45, 7) is 2.12. The smallest absolute Gasteiger partial charge is 0.341 e. The Hall–Kier alpha value is -1.70. The maximum atomic E-state index is 13.4. The quantitative estimate of drug-likeness (QED) is 0.398. The van der Waals surface area contributed by atoms with Gasteiger partial charge in [-0.15, -0.1) is 0 Å². The maximum Gasteiger partial charge on any atom is 0.341 e. The summed E-state index contributed by atoms with van der Waals surface area (Å²) in [6.07, 6.45) is 0. The van der Waals surface area contributed by atoms with E-state index in [-0.39, 0.29) is 24.5 Å². The molecule has 0 unspecified atom stereocenters. The van der Waals surface area contributed by atoms with Crippen LogP contribution < -0.4 is 5.73 Å². The van der Waals surface area contributed by atoms with E-state index in [0.717, 1.165) is 6.07 Å². The molecule has 0 radical (unpaired) electrons. The summed E-state index contributed by atoms with van der Waals surface area (Å²) < 4.78 is 33.5. The molecule has 0 saturated carbocycles. The summed E-state index contributed by atoms with van der Waals surface area (Å²) in [5.41, 5.74) is 5.50. The zero-order valence-corrected chi connectivity index (χ0v) is 12.0. The van der Waals surface area contributed by atoms with E-state index < -0.39 is 11.8 Å². The van der Waals surface area contributed by atoms with Crippen LogP contribution >= 0.6 is 0 Å². The molecule has 0 aliphatic heterocycles. The van der Waals surface area contributed by atoms with E-state index in [1.807, 2.05) is 0 Å². The second-order valence-electron chi connectivity index (χ2n) is 4.09. The average molecular weight is 301 g/mol. The molecule has 0 bridgehead atoms. The zero-order valence-electron chi connectivity index (χ0n) is 12.0. The first kappa shape index (κ1) is 17.4. The number of hydrogen-bond acceptors (Lipinski definition) is 6. The number of anilines is 1. The van der Waals surface area contributed by atoms with E-state index in [9.17, 15) is 9.18 Å². The summed E-state index contributed by atoms with van der Waals surface area (Å²) >= 11 is 0. The highest BCUT2D eigenvalue weighted by molar-refractivity contribution is 5.90. The highest BCUT2D eigenvalue weighted by atomic mass is 19.1. The predicted molar refractivity (Wildman–Crippen MR) is 74.6 cm³/mol. The van der Waals surface area contributed by atoms with Crippen LogP contribution in [0.2, 0.25) is 0 Å². The van der Waals surface area contributed by atoms with Crippen molar-refractivity contribution in [3.8, 4) is 0 Å². The summed E-state index contributed by atoms with van der Waals surface area (Å²) in [7, 11) is 1.60. The topological polar surface area (TPSA) is 80.0 Å². The van der Waals surface area contributed by atoms with Gasteiger partial charge in [0.2, 0.25) is 0 Å². The summed E-state index contributed by atoms with van der Waals surface area (Å²) in [4.78, 5) is 11.6. The molecule has 0 atom stereocenters. The molecule has 1 rings (SSSR count). The molecule has 0 aromatic heterocycles. The standard InChI is InChI=1S/C14H20FNO5/c1-18-4-5-19-6-7-20-8-9-21-14(17)12-3-2-11(16)10-13(12)15/h2-3,10H,4-9,16H2,1H3. The average Bonchev–Trinajstić information content (AvgIpc) is 2.45. The van der Waals surface area contributed by atoms with Gasteiger partial charge in [0, 0.05) is 12.8 Å². The number of halogens is 1. The second kappa shape index (κ2) is 10.1. The van der Waals surface area contributed by atoms with E-state index in [2.05, 4.69) is 0 Å². The SMILES string of the molecule is COCCOCCOCCOC(=O)c1ccc(N)cc1F. The van der Waals surface area contributed by atoms with Crippen LogP contribution in [0.4, 0.5) is 10.1 Å². The van der Waals surface area contributed by atoms with Crippen LogP contribution in [0.15, 0.2) is 18.2 Å². The number of carbonyl (C=O) groups is 1. The normalized spacial score (nSPS) is 10.6. The number of nitrogens with two attached hydrogens (primary N) is 1. The Morgan fingerprint density at radius 2 is 1.71 bits per heavy atom. The van der Waals surface area contributed by atoms with E-state index >= 15 is 0 Å². The van der Waals surface area contributed by atoms with E-state index in [4.69, 9.17) is 24.7 Å². The van der Waals surface area contributed by atoms with Crippen molar-refractivity contribution in [2.45, 2.75) is 0 Å². The molecule has 0 heterocycles. The summed E-state index contributed by atoms with van der Waals surface area (Å²) in [6, 6.07) is 3.80. The first-order valence-electron chi connectivity index (χ1n) is 6.51. The molecular weight excluding hydrogens is 281 g/mol. The Morgan fingerprint density at radius 3 is 2.33 bits per heavy atom. The number of methoxy groups -OCH3 is 1. The van der Waals surface area contributed by atoms with Gasteiger partial charge in [0.25, 0.3) is 0 Å². The number of benzene rings is 1. The van der Waals surface area contributed by atoms with Crippen molar-refractivity contribution in [2.24, 2.45) is 0 Å². The zero-order chi connectivity index (χ0) is 15.5. The molecule has 1 aromatic carbocycles. The van der Waals surface area contributed by atoms with Crippen LogP contribution in [0.3, 0.4) is 0 Å². The van der Waals surface area contributed by atoms with E-state index in [1.165, 1.54) is 12.1 Å². The Labute approximate surface area is 122 Å². The van der Waals surface area contributed by atoms with Gasteiger partial charge < -0.3 is 24.7 Å². The Kier molecular flexibility index (Phi) is 8.34. The second-order valence-corrected chi connectivity index (χ2v) is 4.09. The fourth-order valence-corrected chi connectivity index (χ4v) is 1.43. The molecule has 118 valence electrons.